The van der Waals surface area contributed by atoms with Gasteiger partial charge in [-0.3, -0.25) is 14.5 Å². The predicted molar refractivity (Wildman–Crippen MR) is 101 cm³/mol. The molecule has 1 aromatic heterocycles. The number of nitrogens with zero attached hydrogens (tertiary/aromatic N) is 4. The fraction of sp³-hybridized carbons (Fsp3) is 0.684. The smallest absolute Gasteiger partial charge is 0.410 e. The first kappa shape index (κ1) is 19.4. The van der Waals surface area contributed by atoms with Gasteiger partial charge in [0.05, 0.1) is 5.41 Å². The number of ether oxygens (including phenoxy) is 1. The minimum Gasteiger partial charge on any atom is -0.444 e. The molecule has 0 bridgehead atoms. The highest BCUT2D eigenvalue weighted by atomic mass is 16.6. The molecule has 2 amide bonds. The molecule has 2 fully saturated rings. The van der Waals surface area contributed by atoms with Crippen molar-refractivity contribution in [2.45, 2.75) is 59.1 Å². The Hall–Kier alpha value is -2.38. The number of aromatic nitrogens is 2. The SMILES string of the molecule is CCn1nc(N2CCC3(CCN(C(=O)OC(C)(C)C)CC3)C2=O)ccc1=O. The zero-order chi connectivity index (χ0) is 19.8. The van der Waals surface area contributed by atoms with Crippen LogP contribution in [0.4, 0.5) is 10.6 Å². The third-order valence-corrected chi connectivity index (χ3v) is 5.31. The molecule has 0 N–H and O–H groups in total. The van der Waals surface area contributed by atoms with Crippen LogP contribution in [0.2, 0.25) is 0 Å². The molecule has 0 aromatic carbocycles. The van der Waals surface area contributed by atoms with Gasteiger partial charge < -0.3 is 9.64 Å². The molecule has 148 valence electrons. The maximum absolute atomic E-state index is 13.1. The quantitative estimate of drug-likeness (QED) is 0.788. The average molecular weight is 376 g/mol. The third kappa shape index (κ3) is 3.84. The summed E-state index contributed by atoms with van der Waals surface area (Å²) in [5.41, 5.74) is -1.15. The van der Waals surface area contributed by atoms with Crippen molar-refractivity contribution in [2.75, 3.05) is 24.5 Å². The molecule has 3 heterocycles. The van der Waals surface area contributed by atoms with Crippen LogP contribution < -0.4 is 10.5 Å². The minimum atomic E-state index is -0.528. The summed E-state index contributed by atoms with van der Waals surface area (Å²) in [6.45, 7) is 9.45. The van der Waals surface area contributed by atoms with Crippen molar-refractivity contribution in [3.8, 4) is 0 Å². The summed E-state index contributed by atoms with van der Waals surface area (Å²) in [6, 6.07) is 3.07. The highest BCUT2D eigenvalue weighted by Crippen LogP contribution is 2.42. The highest BCUT2D eigenvalue weighted by Gasteiger charge is 2.49. The summed E-state index contributed by atoms with van der Waals surface area (Å²) in [5.74, 6) is 0.563. The molecule has 0 unspecified atom stereocenters. The van der Waals surface area contributed by atoms with E-state index in [9.17, 15) is 14.4 Å². The molecule has 0 aliphatic carbocycles. The third-order valence-electron chi connectivity index (χ3n) is 5.31. The molecule has 1 aromatic rings. The zero-order valence-corrected chi connectivity index (χ0v) is 16.5. The molecule has 3 rings (SSSR count). The number of rotatable bonds is 2. The Morgan fingerprint density at radius 1 is 1.15 bits per heavy atom. The Bertz CT molecular complexity index is 788. The highest BCUT2D eigenvalue weighted by molar-refractivity contribution is 5.99. The van der Waals surface area contributed by atoms with E-state index in [0.717, 1.165) is 6.42 Å². The largest absolute Gasteiger partial charge is 0.444 e. The zero-order valence-electron chi connectivity index (χ0n) is 16.5. The number of piperidine rings is 1. The van der Waals surface area contributed by atoms with Crippen LogP contribution in [0.5, 0.6) is 0 Å². The topological polar surface area (TPSA) is 84.7 Å². The second kappa shape index (κ2) is 6.98. The van der Waals surface area contributed by atoms with Crippen LogP contribution in [-0.4, -0.2) is 51.9 Å². The molecule has 8 nitrogen and oxygen atoms in total. The number of hydrogen-bond acceptors (Lipinski definition) is 5. The first-order chi connectivity index (χ1) is 12.6. The van der Waals surface area contributed by atoms with Crippen LogP contribution in [0, 0.1) is 5.41 Å². The van der Waals surface area contributed by atoms with Gasteiger partial charge in [0.2, 0.25) is 5.91 Å². The molecule has 0 radical (unpaired) electrons. The van der Waals surface area contributed by atoms with Crippen LogP contribution >= 0.6 is 0 Å². The van der Waals surface area contributed by atoms with Gasteiger partial charge in [-0.25, -0.2) is 9.48 Å². The molecule has 0 saturated carbocycles. The van der Waals surface area contributed by atoms with E-state index in [1.165, 1.54) is 10.7 Å². The summed E-state index contributed by atoms with van der Waals surface area (Å²) in [6.07, 6.45) is 1.65. The molecular weight excluding hydrogens is 348 g/mol. The minimum absolute atomic E-state index is 0.0418. The standard InChI is InChI=1S/C19H28N4O4/c1-5-23-15(24)7-6-14(20-23)22-13-10-19(16(22)25)8-11-21(12-9-19)17(26)27-18(2,3)4/h6-7H,5,8-13H2,1-4H3. The summed E-state index contributed by atoms with van der Waals surface area (Å²) < 4.78 is 6.79. The van der Waals surface area contributed by atoms with Gasteiger partial charge in [0.1, 0.15) is 5.60 Å². The molecule has 2 saturated heterocycles. The first-order valence-corrected chi connectivity index (χ1v) is 9.53. The van der Waals surface area contributed by atoms with E-state index in [4.69, 9.17) is 4.74 Å². The molecule has 2 aliphatic rings. The van der Waals surface area contributed by atoms with Crippen molar-refractivity contribution in [2.24, 2.45) is 5.41 Å². The number of aryl methyl sites for hydroxylation is 1. The van der Waals surface area contributed by atoms with Crippen molar-refractivity contribution in [3.05, 3.63) is 22.5 Å². The average Bonchev–Trinajstić information content (AvgIpc) is 2.91. The van der Waals surface area contributed by atoms with Gasteiger partial charge in [-0.15, -0.1) is 0 Å². The molecule has 27 heavy (non-hydrogen) atoms. The van der Waals surface area contributed by atoms with Gasteiger partial charge in [-0.2, -0.15) is 5.10 Å². The van der Waals surface area contributed by atoms with E-state index in [2.05, 4.69) is 5.10 Å². The lowest BCUT2D eigenvalue weighted by Gasteiger charge is -2.38. The lowest BCUT2D eigenvalue weighted by atomic mass is 9.77. The van der Waals surface area contributed by atoms with Gasteiger partial charge >= 0.3 is 6.09 Å². The van der Waals surface area contributed by atoms with E-state index >= 15 is 0 Å². The van der Waals surface area contributed by atoms with Crippen LogP contribution in [0.3, 0.4) is 0 Å². The normalized spacial score (nSPS) is 19.6. The fourth-order valence-corrected chi connectivity index (χ4v) is 3.76. The van der Waals surface area contributed by atoms with E-state index in [1.807, 2.05) is 27.7 Å². The van der Waals surface area contributed by atoms with E-state index in [1.54, 1.807) is 15.9 Å². The molecule has 0 atom stereocenters. The van der Waals surface area contributed by atoms with Gasteiger partial charge in [0.15, 0.2) is 5.82 Å². The van der Waals surface area contributed by atoms with Crippen LogP contribution in [-0.2, 0) is 16.1 Å². The van der Waals surface area contributed by atoms with E-state index in [0.29, 0.717) is 44.8 Å². The maximum atomic E-state index is 13.1. The van der Waals surface area contributed by atoms with Gasteiger partial charge in [0, 0.05) is 32.2 Å². The van der Waals surface area contributed by atoms with E-state index in [-0.39, 0.29) is 17.6 Å². The molecule has 8 heteroatoms. The van der Waals surface area contributed by atoms with Crippen LogP contribution in [0.25, 0.3) is 0 Å². The lowest BCUT2D eigenvalue weighted by Crippen LogP contribution is -2.48. The number of anilines is 1. The Balaban J connectivity index is 1.69. The number of carbonyl (C=O) groups is 2. The van der Waals surface area contributed by atoms with Gasteiger partial charge in [-0.1, -0.05) is 0 Å². The maximum Gasteiger partial charge on any atom is 0.410 e. The summed E-state index contributed by atoms with van der Waals surface area (Å²) >= 11 is 0. The number of amides is 2. The lowest BCUT2D eigenvalue weighted by molar-refractivity contribution is -0.128. The summed E-state index contributed by atoms with van der Waals surface area (Å²) in [7, 11) is 0. The van der Waals surface area contributed by atoms with Gasteiger partial charge in [-0.05, 0) is 53.0 Å². The number of hydrogen-bond donors (Lipinski definition) is 0. The summed E-state index contributed by atoms with van der Waals surface area (Å²) in [4.78, 5) is 40.5. The first-order valence-electron chi connectivity index (χ1n) is 9.53. The van der Waals surface area contributed by atoms with E-state index < -0.39 is 11.0 Å². The fourth-order valence-electron chi connectivity index (χ4n) is 3.76. The Morgan fingerprint density at radius 3 is 2.37 bits per heavy atom. The molecule has 1 spiro atoms. The van der Waals surface area contributed by atoms with Crippen molar-refractivity contribution < 1.29 is 14.3 Å². The van der Waals surface area contributed by atoms with Crippen molar-refractivity contribution >= 4 is 17.8 Å². The Labute approximate surface area is 159 Å². The number of likely N-dealkylation sites (tertiary alicyclic amines) is 1. The van der Waals surface area contributed by atoms with Crippen molar-refractivity contribution in [1.82, 2.24) is 14.7 Å². The molecule has 2 aliphatic heterocycles. The predicted octanol–water partition coefficient (Wildman–Crippen LogP) is 2.02. The van der Waals surface area contributed by atoms with Crippen molar-refractivity contribution in [1.29, 1.82) is 0 Å². The monoisotopic (exact) mass is 376 g/mol. The molecular formula is C19H28N4O4. The second-order valence-electron chi connectivity index (χ2n) is 8.30. The van der Waals surface area contributed by atoms with Gasteiger partial charge in [0.25, 0.3) is 5.56 Å². The number of carbonyl (C=O) groups excluding carboxylic acids is 2. The second-order valence-corrected chi connectivity index (χ2v) is 8.30. The van der Waals surface area contributed by atoms with Crippen molar-refractivity contribution in [3.63, 3.8) is 0 Å². The Morgan fingerprint density at radius 2 is 1.78 bits per heavy atom. The van der Waals surface area contributed by atoms with Crippen LogP contribution in [0.15, 0.2) is 16.9 Å². The van der Waals surface area contributed by atoms with Crippen LogP contribution in [0.1, 0.15) is 47.0 Å². The summed E-state index contributed by atoms with van der Waals surface area (Å²) in [5, 5.41) is 4.31. The Kier molecular flexibility index (Phi) is 5.01.